The number of primary amides is 1. The van der Waals surface area contributed by atoms with Crippen LogP contribution >= 0.6 is 11.8 Å². The van der Waals surface area contributed by atoms with E-state index < -0.39 is 53.8 Å². The third-order valence-electron chi connectivity index (χ3n) is 4.07. The number of hydrogen-bond donors (Lipinski definition) is 6. The minimum Gasteiger partial charge on any atom is -0.480 e. The summed E-state index contributed by atoms with van der Waals surface area (Å²) in [6, 6.07) is -4.28. The lowest BCUT2D eigenvalue weighted by molar-refractivity contribution is -0.141. The van der Waals surface area contributed by atoms with Crippen LogP contribution in [-0.2, 0) is 24.0 Å². The lowest BCUT2D eigenvalue weighted by Gasteiger charge is -2.25. The first kappa shape index (κ1) is 27.7. The molecule has 0 heterocycles. The molecule has 4 unspecified atom stereocenters. The molecule has 0 aromatic carbocycles. The molecule has 4 atom stereocenters. The maximum Gasteiger partial charge on any atom is 0.325 e. The van der Waals surface area contributed by atoms with Gasteiger partial charge in [-0.2, -0.15) is 11.8 Å². The third kappa shape index (κ3) is 11.0. The number of thioether (sulfide) groups is 1. The van der Waals surface area contributed by atoms with Crippen molar-refractivity contribution in [3.8, 4) is 0 Å². The van der Waals surface area contributed by atoms with Gasteiger partial charge in [-0.25, -0.2) is 0 Å². The van der Waals surface area contributed by atoms with Crippen LogP contribution in [0.5, 0.6) is 0 Å². The van der Waals surface area contributed by atoms with Gasteiger partial charge in [0.1, 0.15) is 18.1 Å². The highest BCUT2D eigenvalue weighted by Gasteiger charge is 2.29. The van der Waals surface area contributed by atoms with Crippen LogP contribution in [0.3, 0.4) is 0 Å². The summed E-state index contributed by atoms with van der Waals surface area (Å²) >= 11 is 1.46. The Kier molecular flexibility index (Phi) is 12.7. The highest BCUT2D eigenvalue weighted by atomic mass is 32.2. The Bertz CT molecular complexity index is 630. The Hall–Kier alpha value is -2.34. The average Bonchev–Trinajstić information content (AvgIpc) is 2.62. The molecular formula is C18H33N5O6S. The van der Waals surface area contributed by atoms with Crippen molar-refractivity contribution in [3.63, 3.8) is 0 Å². The van der Waals surface area contributed by atoms with E-state index in [1.165, 1.54) is 18.7 Å². The van der Waals surface area contributed by atoms with Crippen molar-refractivity contribution in [3.05, 3.63) is 0 Å². The van der Waals surface area contributed by atoms with Crippen LogP contribution in [0, 0.1) is 5.92 Å². The minimum atomic E-state index is -1.20. The van der Waals surface area contributed by atoms with Crippen LogP contribution in [0.1, 0.15) is 40.0 Å². The predicted octanol–water partition coefficient (Wildman–Crippen LogP) is -1.45. The van der Waals surface area contributed by atoms with Crippen LogP contribution in [-0.4, -0.2) is 70.9 Å². The number of nitrogens with two attached hydrogens (primary N) is 2. The molecule has 0 aliphatic heterocycles. The first-order valence-electron chi connectivity index (χ1n) is 9.55. The quantitative estimate of drug-likeness (QED) is 0.186. The Labute approximate surface area is 180 Å². The molecule has 30 heavy (non-hydrogen) atoms. The molecule has 8 N–H and O–H groups in total. The van der Waals surface area contributed by atoms with Gasteiger partial charge >= 0.3 is 5.97 Å². The Morgan fingerprint density at radius 1 is 0.933 bits per heavy atom. The molecule has 0 aromatic heterocycles. The number of aliphatic carboxylic acids is 1. The first-order chi connectivity index (χ1) is 13.9. The van der Waals surface area contributed by atoms with Crippen LogP contribution in [0.2, 0.25) is 0 Å². The number of carbonyl (C=O) groups excluding carboxylic acids is 4. The second kappa shape index (κ2) is 13.8. The van der Waals surface area contributed by atoms with Crippen LogP contribution in [0.25, 0.3) is 0 Å². The molecule has 0 rings (SSSR count). The van der Waals surface area contributed by atoms with Crippen molar-refractivity contribution in [1.29, 1.82) is 0 Å². The molecule has 0 aliphatic rings. The molecule has 0 fully saturated rings. The predicted molar refractivity (Wildman–Crippen MR) is 113 cm³/mol. The lowest BCUT2D eigenvalue weighted by atomic mass is 10.0. The second-order valence-electron chi connectivity index (χ2n) is 7.38. The molecule has 11 nitrogen and oxygen atoms in total. The highest BCUT2D eigenvalue weighted by Crippen LogP contribution is 2.08. The smallest absolute Gasteiger partial charge is 0.325 e. The van der Waals surface area contributed by atoms with Gasteiger partial charge in [0, 0.05) is 0 Å². The van der Waals surface area contributed by atoms with E-state index in [0.29, 0.717) is 5.75 Å². The van der Waals surface area contributed by atoms with E-state index in [1.807, 2.05) is 20.1 Å². The molecule has 172 valence electrons. The van der Waals surface area contributed by atoms with Crippen molar-refractivity contribution in [2.75, 3.05) is 12.0 Å². The van der Waals surface area contributed by atoms with Gasteiger partial charge in [-0.1, -0.05) is 13.8 Å². The molecular weight excluding hydrogens is 414 g/mol. The van der Waals surface area contributed by atoms with Gasteiger partial charge in [0.25, 0.3) is 0 Å². The van der Waals surface area contributed by atoms with Gasteiger partial charge in [-0.15, -0.1) is 0 Å². The van der Waals surface area contributed by atoms with Gasteiger partial charge in [-0.05, 0) is 37.7 Å². The number of carbonyl (C=O) groups is 5. The zero-order chi connectivity index (χ0) is 23.4. The Morgan fingerprint density at radius 3 is 1.93 bits per heavy atom. The minimum absolute atomic E-state index is 0.0319. The van der Waals surface area contributed by atoms with E-state index in [1.54, 1.807) is 0 Å². The molecule has 0 spiro atoms. The molecule has 0 aliphatic carbocycles. The zero-order valence-corrected chi connectivity index (χ0v) is 18.6. The van der Waals surface area contributed by atoms with Crippen molar-refractivity contribution in [2.45, 2.75) is 64.2 Å². The first-order valence-corrected chi connectivity index (χ1v) is 10.9. The van der Waals surface area contributed by atoms with Crippen molar-refractivity contribution in [1.82, 2.24) is 16.0 Å². The number of rotatable bonds is 14. The molecule has 4 amide bonds. The van der Waals surface area contributed by atoms with Crippen molar-refractivity contribution >= 4 is 41.4 Å². The van der Waals surface area contributed by atoms with E-state index in [4.69, 9.17) is 16.6 Å². The number of hydrogen-bond acceptors (Lipinski definition) is 7. The largest absolute Gasteiger partial charge is 0.480 e. The molecule has 0 bridgehead atoms. The topological polar surface area (TPSA) is 194 Å². The van der Waals surface area contributed by atoms with Gasteiger partial charge in [0.15, 0.2) is 0 Å². The van der Waals surface area contributed by atoms with E-state index >= 15 is 0 Å². The lowest BCUT2D eigenvalue weighted by Crippen LogP contribution is -2.57. The monoisotopic (exact) mass is 447 g/mol. The van der Waals surface area contributed by atoms with Gasteiger partial charge in [0.2, 0.25) is 23.6 Å². The summed E-state index contributed by atoms with van der Waals surface area (Å²) in [5.74, 6) is -3.32. The fourth-order valence-electron chi connectivity index (χ4n) is 2.44. The number of amides is 4. The standard InChI is InChI=1S/C18H33N5O6S/c1-9(2)7-13(17(27)21-10(3)18(28)29)23-16(26)12(5-6-30-4)22-15(25)11(19)8-14(20)24/h9-13H,5-8,19H2,1-4H3,(H2,20,24)(H,21,27)(H,22,25)(H,23,26)(H,28,29). The van der Waals surface area contributed by atoms with Gasteiger partial charge in [-0.3, -0.25) is 24.0 Å². The summed E-state index contributed by atoms with van der Waals surface area (Å²) in [6.45, 7) is 5.02. The van der Waals surface area contributed by atoms with Gasteiger partial charge in [0.05, 0.1) is 12.5 Å². The SMILES string of the molecule is CSCCC(NC(=O)C(N)CC(N)=O)C(=O)NC(CC(C)C)C(=O)NC(C)C(=O)O. The number of nitrogens with one attached hydrogen (secondary N) is 3. The molecule has 0 aromatic rings. The fourth-order valence-corrected chi connectivity index (χ4v) is 2.92. The van der Waals surface area contributed by atoms with Crippen molar-refractivity contribution in [2.24, 2.45) is 17.4 Å². The maximum absolute atomic E-state index is 12.8. The molecule has 0 saturated heterocycles. The summed E-state index contributed by atoms with van der Waals surface area (Å²) in [5.41, 5.74) is 10.7. The van der Waals surface area contributed by atoms with Crippen LogP contribution in [0.15, 0.2) is 0 Å². The summed E-state index contributed by atoms with van der Waals surface area (Å²) in [6.07, 6.45) is 2.00. The summed E-state index contributed by atoms with van der Waals surface area (Å²) in [5, 5.41) is 16.4. The van der Waals surface area contributed by atoms with E-state index in [-0.39, 0.29) is 25.2 Å². The fraction of sp³-hybridized carbons (Fsp3) is 0.722. The average molecular weight is 448 g/mol. The molecule has 12 heteroatoms. The summed E-state index contributed by atoms with van der Waals surface area (Å²) < 4.78 is 0. The van der Waals surface area contributed by atoms with Gasteiger partial charge < -0.3 is 32.5 Å². The maximum atomic E-state index is 12.8. The Morgan fingerprint density at radius 2 is 1.47 bits per heavy atom. The number of carboxylic acid groups (broad SMARTS) is 1. The second-order valence-corrected chi connectivity index (χ2v) is 8.36. The highest BCUT2D eigenvalue weighted by molar-refractivity contribution is 7.98. The molecule has 0 radical (unpaired) electrons. The van der Waals surface area contributed by atoms with E-state index in [2.05, 4.69) is 16.0 Å². The van der Waals surface area contributed by atoms with E-state index in [0.717, 1.165) is 0 Å². The third-order valence-corrected chi connectivity index (χ3v) is 4.71. The number of carboxylic acids is 1. The molecule has 0 saturated carbocycles. The zero-order valence-electron chi connectivity index (χ0n) is 17.8. The van der Waals surface area contributed by atoms with Crippen LogP contribution < -0.4 is 27.4 Å². The van der Waals surface area contributed by atoms with Crippen LogP contribution in [0.4, 0.5) is 0 Å². The summed E-state index contributed by atoms with van der Waals surface area (Å²) in [4.78, 5) is 59.4. The normalized spacial score (nSPS) is 14.9. The van der Waals surface area contributed by atoms with E-state index in [9.17, 15) is 24.0 Å². The van der Waals surface area contributed by atoms with Crippen molar-refractivity contribution < 1.29 is 29.1 Å². The Balaban J connectivity index is 5.30. The summed E-state index contributed by atoms with van der Waals surface area (Å²) in [7, 11) is 0.